The lowest BCUT2D eigenvalue weighted by Gasteiger charge is -2.12. The van der Waals surface area contributed by atoms with Crippen molar-refractivity contribution in [1.29, 1.82) is 0 Å². The molecule has 1 N–H and O–H groups in total. The van der Waals surface area contributed by atoms with Crippen molar-refractivity contribution < 1.29 is 14.2 Å². The van der Waals surface area contributed by atoms with E-state index in [2.05, 4.69) is 0 Å². The molecule has 0 saturated heterocycles. The standard InChI is InChI=1S/C13H19FO2/c1-3-5-16-6-4-13(15)11-7-10(2)8-12(14)9-11/h7-9,13,15H,3-6H2,1-2H3. The van der Waals surface area contributed by atoms with Gasteiger partial charge in [0.15, 0.2) is 0 Å². The molecule has 16 heavy (non-hydrogen) atoms. The van der Waals surface area contributed by atoms with Crippen LogP contribution in [0.5, 0.6) is 0 Å². The van der Waals surface area contributed by atoms with Gasteiger partial charge in [-0.25, -0.2) is 4.39 Å². The van der Waals surface area contributed by atoms with Gasteiger partial charge < -0.3 is 9.84 Å². The molecule has 0 aliphatic carbocycles. The fourth-order valence-corrected chi connectivity index (χ4v) is 1.57. The Labute approximate surface area is 96.1 Å². The first-order chi connectivity index (χ1) is 7.63. The lowest BCUT2D eigenvalue weighted by molar-refractivity contribution is 0.0820. The summed E-state index contributed by atoms with van der Waals surface area (Å²) in [6.07, 6.45) is 0.823. The third-order valence-electron chi connectivity index (χ3n) is 2.33. The zero-order chi connectivity index (χ0) is 12.0. The van der Waals surface area contributed by atoms with Gasteiger partial charge in [0.1, 0.15) is 5.82 Å². The monoisotopic (exact) mass is 226 g/mol. The second kappa shape index (κ2) is 6.61. The normalized spacial score (nSPS) is 12.8. The summed E-state index contributed by atoms with van der Waals surface area (Å²) in [5.41, 5.74) is 1.45. The molecule has 1 rings (SSSR count). The number of hydrogen-bond acceptors (Lipinski definition) is 2. The van der Waals surface area contributed by atoms with Crippen LogP contribution in [0.4, 0.5) is 4.39 Å². The van der Waals surface area contributed by atoms with Crippen LogP contribution in [-0.2, 0) is 4.74 Å². The molecule has 0 heterocycles. The summed E-state index contributed by atoms with van der Waals surface area (Å²) in [4.78, 5) is 0. The molecular weight excluding hydrogens is 207 g/mol. The summed E-state index contributed by atoms with van der Waals surface area (Å²) >= 11 is 0. The molecule has 90 valence electrons. The lowest BCUT2D eigenvalue weighted by atomic mass is 10.0. The Balaban J connectivity index is 2.48. The summed E-state index contributed by atoms with van der Waals surface area (Å²) in [7, 11) is 0. The van der Waals surface area contributed by atoms with E-state index in [4.69, 9.17) is 4.74 Å². The van der Waals surface area contributed by atoms with E-state index in [1.54, 1.807) is 6.07 Å². The summed E-state index contributed by atoms with van der Waals surface area (Å²) in [5.74, 6) is -0.302. The van der Waals surface area contributed by atoms with Gasteiger partial charge in [-0.2, -0.15) is 0 Å². The second-order valence-electron chi connectivity index (χ2n) is 3.98. The van der Waals surface area contributed by atoms with Gasteiger partial charge in [-0.15, -0.1) is 0 Å². The van der Waals surface area contributed by atoms with E-state index in [0.717, 1.165) is 12.0 Å². The van der Waals surface area contributed by atoms with Crippen LogP contribution < -0.4 is 0 Å². The Morgan fingerprint density at radius 3 is 2.69 bits per heavy atom. The van der Waals surface area contributed by atoms with Gasteiger partial charge in [-0.05, 0) is 36.6 Å². The highest BCUT2D eigenvalue weighted by Crippen LogP contribution is 2.19. The second-order valence-corrected chi connectivity index (χ2v) is 3.98. The summed E-state index contributed by atoms with van der Waals surface area (Å²) < 4.78 is 18.4. The SMILES string of the molecule is CCCOCCC(O)c1cc(C)cc(F)c1. The van der Waals surface area contributed by atoms with Gasteiger partial charge in [-0.1, -0.05) is 13.0 Å². The molecule has 0 fully saturated rings. The van der Waals surface area contributed by atoms with Crippen LogP contribution in [-0.4, -0.2) is 18.3 Å². The molecule has 2 nitrogen and oxygen atoms in total. The molecule has 0 radical (unpaired) electrons. The van der Waals surface area contributed by atoms with Crippen molar-refractivity contribution in [3.63, 3.8) is 0 Å². The van der Waals surface area contributed by atoms with Crippen LogP contribution in [0.15, 0.2) is 18.2 Å². The molecule has 1 unspecified atom stereocenters. The lowest BCUT2D eigenvalue weighted by Crippen LogP contribution is -2.04. The number of aliphatic hydroxyl groups excluding tert-OH is 1. The zero-order valence-corrected chi connectivity index (χ0v) is 9.87. The number of benzene rings is 1. The number of hydrogen-bond donors (Lipinski definition) is 1. The van der Waals surface area contributed by atoms with Crippen LogP contribution in [0.25, 0.3) is 0 Å². The first-order valence-electron chi connectivity index (χ1n) is 5.66. The van der Waals surface area contributed by atoms with E-state index in [-0.39, 0.29) is 5.82 Å². The maximum Gasteiger partial charge on any atom is 0.123 e. The van der Waals surface area contributed by atoms with Crippen molar-refractivity contribution in [3.05, 3.63) is 35.1 Å². The third-order valence-corrected chi connectivity index (χ3v) is 2.33. The van der Waals surface area contributed by atoms with Gasteiger partial charge in [0.2, 0.25) is 0 Å². The minimum absolute atomic E-state index is 0.302. The number of rotatable bonds is 6. The zero-order valence-electron chi connectivity index (χ0n) is 9.87. The number of ether oxygens (including phenoxy) is 1. The predicted octanol–water partition coefficient (Wildman–Crippen LogP) is 2.98. The molecule has 1 aromatic rings. The smallest absolute Gasteiger partial charge is 0.123 e. The van der Waals surface area contributed by atoms with Gasteiger partial charge in [-0.3, -0.25) is 0 Å². The van der Waals surface area contributed by atoms with Gasteiger partial charge in [0, 0.05) is 19.6 Å². The number of aryl methyl sites for hydroxylation is 1. The molecule has 0 spiro atoms. The topological polar surface area (TPSA) is 29.5 Å². The molecule has 3 heteroatoms. The molecule has 1 atom stereocenters. The Morgan fingerprint density at radius 2 is 2.06 bits per heavy atom. The van der Waals surface area contributed by atoms with E-state index < -0.39 is 6.10 Å². The fourth-order valence-electron chi connectivity index (χ4n) is 1.57. The molecule has 0 aliphatic heterocycles. The minimum Gasteiger partial charge on any atom is -0.388 e. The summed E-state index contributed by atoms with van der Waals surface area (Å²) in [6.45, 7) is 5.05. The quantitative estimate of drug-likeness (QED) is 0.756. The maximum atomic E-state index is 13.1. The number of aliphatic hydroxyl groups is 1. The van der Waals surface area contributed by atoms with Crippen LogP contribution in [0.2, 0.25) is 0 Å². The highest BCUT2D eigenvalue weighted by Gasteiger charge is 2.09. The van der Waals surface area contributed by atoms with Crippen molar-refractivity contribution in [3.8, 4) is 0 Å². The van der Waals surface area contributed by atoms with Gasteiger partial charge in [0.25, 0.3) is 0 Å². The molecule has 0 aromatic heterocycles. The van der Waals surface area contributed by atoms with E-state index >= 15 is 0 Å². The van der Waals surface area contributed by atoms with E-state index in [9.17, 15) is 9.50 Å². The average Bonchev–Trinajstić information content (AvgIpc) is 2.22. The van der Waals surface area contributed by atoms with Crippen molar-refractivity contribution >= 4 is 0 Å². The van der Waals surface area contributed by atoms with Crippen LogP contribution in [0.3, 0.4) is 0 Å². The average molecular weight is 226 g/mol. The first-order valence-corrected chi connectivity index (χ1v) is 5.66. The first kappa shape index (κ1) is 13.1. The van der Waals surface area contributed by atoms with Crippen LogP contribution in [0, 0.1) is 12.7 Å². The Hall–Kier alpha value is -0.930. The highest BCUT2D eigenvalue weighted by molar-refractivity contribution is 5.25. The summed E-state index contributed by atoms with van der Waals surface area (Å²) in [5, 5.41) is 9.82. The van der Waals surface area contributed by atoms with Crippen molar-refractivity contribution in [2.24, 2.45) is 0 Å². The predicted molar refractivity (Wildman–Crippen MR) is 61.8 cm³/mol. The van der Waals surface area contributed by atoms with Gasteiger partial charge >= 0.3 is 0 Å². The highest BCUT2D eigenvalue weighted by atomic mass is 19.1. The van der Waals surface area contributed by atoms with Crippen molar-refractivity contribution in [1.82, 2.24) is 0 Å². The maximum absolute atomic E-state index is 13.1. The third kappa shape index (κ3) is 4.29. The molecule has 0 aliphatic rings. The van der Waals surface area contributed by atoms with Crippen molar-refractivity contribution in [2.45, 2.75) is 32.8 Å². The van der Waals surface area contributed by atoms with Gasteiger partial charge in [0.05, 0.1) is 6.10 Å². The van der Waals surface area contributed by atoms with E-state index in [0.29, 0.717) is 25.2 Å². The van der Waals surface area contributed by atoms with Crippen LogP contribution in [0.1, 0.15) is 37.0 Å². The fraction of sp³-hybridized carbons (Fsp3) is 0.538. The summed E-state index contributed by atoms with van der Waals surface area (Å²) in [6, 6.07) is 4.62. The molecular formula is C13H19FO2. The van der Waals surface area contributed by atoms with Crippen LogP contribution >= 0.6 is 0 Å². The largest absolute Gasteiger partial charge is 0.388 e. The molecule has 0 bridgehead atoms. The van der Waals surface area contributed by atoms with E-state index in [1.807, 2.05) is 13.8 Å². The minimum atomic E-state index is -0.647. The Morgan fingerprint density at radius 1 is 1.31 bits per heavy atom. The molecule has 0 amide bonds. The molecule has 0 saturated carbocycles. The Bertz CT molecular complexity index is 305. The van der Waals surface area contributed by atoms with Crippen molar-refractivity contribution in [2.75, 3.05) is 13.2 Å². The van der Waals surface area contributed by atoms with E-state index in [1.165, 1.54) is 12.1 Å². The molecule has 1 aromatic carbocycles. The number of halogens is 1. The Kier molecular flexibility index (Phi) is 5.43.